The lowest BCUT2D eigenvalue weighted by Gasteiger charge is -2.21. The molecule has 0 aliphatic rings. The predicted octanol–water partition coefficient (Wildman–Crippen LogP) is 1.60. The molecular formula is C13H20N2O. The third-order valence-corrected chi connectivity index (χ3v) is 2.55. The van der Waals surface area contributed by atoms with Crippen molar-refractivity contribution in [1.29, 1.82) is 0 Å². The lowest BCUT2D eigenvalue weighted by molar-refractivity contribution is -0.130. The van der Waals surface area contributed by atoms with Crippen LogP contribution < -0.4 is 0 Å². The van der Waals surface area contributed by atoms with Crippen LogP contribution in [0.3, 0.4) is 0 Å². The van der Waals surface area contributed by atoms with Crippen LogP contribution in [0, 0.1) is 0 Å². The summed E-state index contributed by atoms with van der Waals surface area (Å²) in [6.45, 7) is 4.27. The normalized spacial score (nSPS) is 10.5. The standard InChI is InChI=1S/C13H20N2O/c1-4-15(11-13(16)14(2)3)10-12-8-6-5-7-9-12/h5-9H,4,10-11H2,1-3H3. The summed E-state index contributed by atoms with van der Waals surface area (Å²) in [6, 6.07) is 10.2. The van der Waals surface area contributed by atoms with Crippen LogP contribution in [0.1, 0.15) is 12.5 Å². The van der Waals surface area contributed by atoms with Crippen LogP contribution in [0.15, 0.2) is 30.3 Å². The summed E-state index contributed by atoms with van der Waals surface area (Å²) >= 11 is 0. The van der Waals surface area contributed by atoms with Crippen LogP contribution in [0.25, 0.3) is 0 Å². The molecule has 1 aromatic carbocycles. The van der Waals surface area contributed by atoms with Crippen LogP contribution >= 0.6 is 0 Å². The first-order valence-electron chi connectivity index (χ1n) is 5.60. The first-order valence-corrected chi connectivity index (χ1v) is 5.60. The van der Waals surface area contributed by atoms with E-state index in [-0.39, 0.29) is 5.91 Å². The van der Waals surface area contributed by atoms with E-state index in [2.05, 4.69) is 24.0 Å². The van der Waals surface area contributed by atoms with E-state index in [1.54, 1.807) is 19.0 Å². The number of hydrogen-bond donors (Lipinski definition) is 0. The van der Waals surface area contributed by atoms with Gasteiger partial charge in [-0.1, -0.05) is 37.3 Å². The van der Waals surface area contributed by atoms with Crippen molar-refractivity contribution in [3.8, 4) is 0 Å². The minimum atomic E-state index is 0.151. The van der Waals surface area contributed by atoms with E-state index in [0.29, 0.717) is 6.54 Å². The molecule has 0 N–H and O–H groups in total. The van der Waals surface area contributed by atoms with Crippen LogP contribution in [-0.4, -0.2) is 42.9 Å². The van der Waals surface area contributed by atoms with Gasteiger partial charge in [0.15, 0.2) is 0 Å². The Morgan fingerprint density at radius 1 is 1.19 bits per heavy atom. The third kappa shape index (κ3) is 4.03. The van der Waals surface area contributed by atoms with Gasteiger partial charge in [-0.2, -0.15) is 0 Å². The maximum Gasteiger partial charge on any atom is 0.236 e. The average Bonchev–Trinajstić information content (AvgIpc) is 2.29. The van der Waals surface area contributed by atoms with Crippen molar-refractivity contribution in [3.05, 3.63) is 35.9 Å². The number of carbonyl (C=O) groups excluding carboxylic acids is 1. The molecule has 1 aromatic rings. The Labute approximate surface area is 97.7 Å². The van der Waals surface area contributed by atoms with Crippen LogP contribution in [0.2, 0.25) is 0 Å². The first kappa shape index (κ1) is 12.7. The highest BCUT2D eigenvalue weighted by molar-refractivity contribution is 5.77. The molecule has 0 fully saturated rings. The second kappa shape index (κ2) is 6.28. The van der Waals surface area contributed by atoms with Gasteiger partial charge in [0, 0.05) is 20.6 Å². The van der Waals surface area contributed by atoms with Crippen molar-refractivity contribution >= 4 is 5.91 Å². The molecule has 1 rings (SSSR count). The van der Waals surface area contributed by atoms with Crippen LogP contribution in [0.5, 0.6) is 0 Å². The number of benzene rings is 1. The second-order valence-electron chi connectivity index (χ2n) is 4.08. The van der Waals surface area contributed by atoms with Gasteiger partial charge in [-0.25, -0.2) is 0 Å². The molecule has 0 heterocycles. The van der Waals surface area contributed by atoms with Gasteiger partial charge in [-0.3, -0.25) is 9.69 Å². The van der Waals surface area contributed by atoms with Crippen molar-refractivity contribution < 1.29 is 4.79 Å². The minimum absolute atomic E-state index is 0.151. The van der Waals surface area contributed by atoms with Gasteiger partial charge in [-0.05, 0) is 12.1 Å². The molecule has 3 heteroatoms. The van der Waals surface area contributed by atoms with Crippen molar-refractivity contribution in [3.63, 3.8) is 0 Å². The van der Waals surface area contributed by atoms with Gasteiger partial charge in [-0.15, -0.1) is 0 Å². The molecule has 0 radical (unpaired) electrons. The number of amides is 1. The Hall–Kier alpha value is -1.35. The van der Waals surface area contributed by atoms with Gasteiger partial charge in [0.05, 0.1) is 6.54 Å². The molecule has 0 atom stereocenters. The largest absolute Gasteiger partial charge is 0.348 e. The Morgan fingerprint density at radius 2 is 1.81 bits per heavy atom. The summed E-state index contributed by atoms with van der Waals surface area (Å²) in [5, 5.41) is 0. The maximum absolute atomic E-state index is 11.6. The summed E-state index contributed by atoms with van der Waals surface area (Å²) in [7, 11) is 3.58. The maximum atomic E-state index is 11.6. The smallest absolute Gasteiger partial charge is 0.236 e. The molecule has 0 bridgehead atoms. The number of nitrogens with zero attached hydrogens (tertiary/aromatic N) is 2. The van der Waals surface area contributed by atoms with Crippen LogP contribution in [0.4, 0.5) is 0 Å². The van der Waals surface area contributed by atoms with Gasteiger partial charge in [0.25, 0.3) is 0 Å². The third-order valence-electron chi connectivity index (χ3n) is 2.55. The van der Waals surface area contributed by atoms with E-state index >= 15 is 0 Å². The molecule has 3 nitrogen and oxygen atoms in total. The molecule has 1 amide bonds. The number of rotatable bonds is 5. The summed E-state index contributed by atoms with van der Waals surface area (Å²) in [4.78, 5) is 15.4. The van der Waals surface area contributed by atoms with E-state index < -0.39 is 0 Å². The summed E-state index contributed by atoms with van der Waals surface area (Å²) in [6.07, 6.45) is 0. The SMILES string of the molecule is CCN(CC(=O)N(C)C)Cc1ccccc1. The molecule has 0 spiro atoms. The molecule has 16 heavy (non-hydrogen) atoms. The van der Waals surface area contributed by atoms with Gasteiger partial charge in [0.1, 0.15) is 0 Å². The number of hydrogen-bond acceptors (Lipinski definition) is 2. The van der Waals surface area contributed by atoms with Crippen molar-refractivity contribution in [2.75, 3.05) is 27.2 Å². The Morgan fingerprint density at radius 3 is 2.31 bits per heavy atom. The Bertz CT molecular complexity index is 322. The van der Waals surface area contributed by atoms with E-state index in [0.717, 1.165) is 13.1 Å². The molecule has 0 aliphatic carbocycles. The lowest BCUT2D eigenvalue weighted by atomic mass is 10.2. The average molecular weight is 220 g/mol. The molecule has 0 saturated heterocycles. The zero-order valence-corrected chi connectivity index (χ0v) is 10.3. The van der Waals surface area contributed by atoms with Crippen molar-refractivity contribution in [1.82, 2.24) is 9.80 Å². The second-order valence-corrected chi connectivity index (χ2v) is 4.08. The minimum Gasteiger partial charge on any atom is -0.348 e. The fourth-order valence-corrected chi connectivity index (χ4v) is 1.45. The fraction of sp³-hybridized carbons (Fsp3) is 0.462. The molecule has 0 unspecified atom stereocenters. The van der Waals surface area contributed by atoms with Gasteiger partial charge in [0.2, 0.25) is 5.91 Å². The van der Waals surface area contributed by atoms with E-state index in [4.69, 9.17) is 0 Å². The molecule has 0 saturated carbocycles. The quantitative estimate of drug-likeness (QED) is 0.752. The first-order chi connectivity index (χ1) is 7.63. The van der Waals surface area contributed by atoms with Crippen LogP contribution in [-0.2, 0) is 11.3 Å². The molecular weight excluding hydrogens is 200 g/mol. The summed E-state index contributed by atoms with van der Waals surface area (Å²) < 4.78 is 0. The predicted molar refractivity (Wildman–Crippen MR) is 66.1 cm³/mol. The van der Waals surface area contributed by atoms with Gasteiger partial charge < -0.3 is 4.90 Å². The summed E-state index contributed by atoms with van der Waals surface area (Å²) in [5.74, 6) is 0.151. The monoisotopic (exact) mass is 220 g/mol. The van der Waals surface area contributed by atoms with E-state index in [1.807, 2.05) is 18.2 Å². The highest BCUT2D eigenvalue weighted by Gasteiger charge is 2.10. The lowest BCUT2D eigenvalue weighted by Crippen LogP contribution is -2.36. The number of carbonyl (C=O) groups is 1. The van der Waals surface area contributed by atoms with Crippen molar-refractivity contribution in [2.45, 2.75) is 13.5 Å². The molecule has 0 aliphatic heterocycles. The zero-order chi connectivity index (χ0) is 12.0. The number of likely N-dealkylation sites (N-methyl/N-ethyl adjacent to an activating group) is 2. The van der Waals surface area contributed by atoms with E-state index in [9.17, 15) is 4.79 Å². The summed E-state index contributed by atoms with van der Waals surface area (Å²) in [5.41, 5.74) is 1.25. The Balaban J connectivity index is 2.53. The molecule has 88 valence electrons. The molecule has 0 aromatic heterocycles. The highest BCUT2D eigenvalue weighted by atomic mass is 16.2. The zero-order valence-electron chi connectivity index (χ0n) is 10.3. The Kier molecular flexibility index (Phi) is 4.99. The fourth-order valence-electron chi connectivity index (χ4n) is 1.45. The topological polar surface area (TPSA) is 23.6 Å². The highest BCUT2D eigenvalue weighted by Crippen LogP contribution is 2.04. The van der Waals surface area contributed by atoms with Gasteiger partial charge >= 0.3 is 0 Å². The van der Waals surface area contributed by atoms with E-state index in [1.165, 1.54) is 5.56 Å². The van der Waals surface area contributed by atoms with Crippen molar-refractivity contribution in [2.24, 2.45) is 0 Å².